The fourth-order valence-corrected chi connectivity index (χ4v) is 3.83. The van der Waals surface area contributed by atoms with Crippen molar-refractivity contribution in [1.29, 1.82) is 0 Å². The van der Waals surface area contributed by atoms with Crippen LogP contribution in [0.4, 0.5) is 11.4 Å². The van der Waals surface area contributed by atoms with Crippen molar-refractivity contribution < 1.29 is 17.9 Å². The minimum atomic E-state index is -3.53. The molecule has 0 atom stereocenters. The highest BCUT2D eigenvalue weighted by Gasteiger charge is 2.21. The third-order valence-electron chi connectivity index (χ3n) is 4.74. The van der Waals surface area contributed by atoms with E-state index in [0.717, 1.165) is 17.5 Å². The number of sulfonamides is 1. The number of benzene rings is 2. The van der Waals surface area contributed by atoms with Crippen molar-refractivity contribution in [3.8, 4) is 17.0 Å². The van der Waals surface area contributed by atoms with Gasteiger partial charge in [-0.05, 0) is 49.2 Å². The molecule has 1 aromatic heterocycles. The largest absolute Gasteiger partial charge is 0.480 e. The minimum absolute atomic E-state index is 0.153. The van der Waals surface area contributed by atoms with Crippen LogP contribution >= 0.6 is 0 Å². The smallest absolute Gasteiger partial charge is 0.262 e. The van der Waals surface area contributed by atoms with Gasteiger partial charge in [0.2, 0.25) is 15.9 Å². The zero-order chi connectivity index (χ0) is 23.5. The molecule has 3 rings (SSSR count). The molecule has 0 aliphatic rings. The van der Waals surface area contributed by atoms with E-state index in [1.807, 2.05) is 49.4 Å². The van der Waals surface area contributed by atoms with E-state index in [9.17, 15) is 13.2 Å². The van der Waals surface area contributed by atoms with Crippen LogP contribution in [-0.2, 0) is 10.0 Å². The van der Waals surface area contributed by atoms with Gasteiger partial charge in [-0.2, -0.15) is 0 Å². The van der Waals surface area contributed by atoms with Gasteiger partial charge in [0.05, 0.1) is 13.4 Å². The third-order valence-corrected chi connectivity index (χ3v) is 5.33. The Morgan fingerprint density at radius 2 is 1.78 bits per heavy atom. The Morgan fingerprint density at radius 1 is 1.09 bits per heavy atom. The summed E-state index contributed by atoms with van der Waals surface area (Å²) < 4.78 is 31.0. The van der Waals surface area contributed by atoms with Crippen LogP contribution < -0.4 is 14.4 Å². The van der Waals surface area contributed by atoms with Crippen LogP contribution in [-0.4, -0.2) is 32.7 Å². The van der Waals surface area contributed by atoms with Gasteiger partial charge < -0.3 is 4.74 Å². The molecule has 32 heavy (non-hydrogen) atoms. The number of pyridine rings is 1. The number of aromatic nitrogens is 1. The van der Waals surface area contributed by atoms with Gasteiger partial charge in [0.1, 0.15) is 5.69 Å². The molecular weight excluding hydrogens is 426 g/mol. The second-order valence-electron chi connectivity index (χ2n) is 7.40. The van der Waals surface area contributed by atoms with Gasteiger partial charge in [-0.1, -0.05) is 36.9 Å². The number of hydrogen-bond acceptors (Lipinski definition) is 5. The van der Waals surface area contributed by atoms with Crippen LogP contribution in [0.3, 0.4) is 0 Å². The van der Waals surface area contributed by atoms with Crippen molar-refractivity contribution >= 4 is 27.3 Å². The summed E-state index contributed by atoms with van der Waals surface area (Å²) in [4.78, 5) is 19.3. The standard InChI is InChI=1S/C24H25N3O4S/c1-16(2)27(20-9-7-6-8-10-20)24(28)21-13-18(12-11-17(21)3)19-14-22(26-32(5,29)30)23(31-4)25-15-19/h6-15,26H,1H2,2-5H3. The molecule has 166 valence electrons. The Labute approximate surface area is 188 Å². The summed E-state index contributed by atoms with van der Waals surface area (Å²) in [5.41, 5.74) is 4.18. The van der Waals surface area contributed by atoms with Gasteiger partial charge in [-0.15, -0.1) is 0 Å². The van der Waals surface area contributed by atoms with Gasteiger partial charge in [0.25, 0.3) is 5.91 Å². The number of anilines is 2. The van der Waals surface area contributed by atoms with Crippen molar-refractivity contribution in [3.63, 3.8) is 0 Å². The molecule has 0 bridgehead atoms. The first-order valence-corrected chi connectivity index (χ1v) is 11.7. The second-order valence-corrected chi connectivity index (χ2v) is 9.14. The fraction of sp³-hybridized carbons (Fsp3) is 0.167. The highest BCUT2D eigenvalue weighted by atomic mass is 32.2. The van der Waals surface area contributed by atoms with Crippen LogP contribution in [0.25, 0.3) is 11.1 Å². The van der Waals surface area contributed by atoms with Crippen LogP contribution in [0, 0.1) is 6.92 Å². The molecule has 0 spiro atoms. The van der Waals surface area contributed by atoms with E-state index in [-0.39, 0.29) is 17.5 Å². The maximum absolute atomic E-state index is 13.5. The molecule has 3 aromatic rings. The Kier molecular flexibility index (Phi) is 6.64. The molecule has 2 aromatic carbocycles. The lowest BCUT2D eigenvalue weighted by atomic mass is 9.99. The van der Waals surface area contributed by atoms with Gasteiger partial charge in [0.15, 0.2) is 0 Å². The summed E-state index contributed by atoms with van der Waals surface area (Å²) in [6, 6.07) is 16.4. The monoisotopic (exact) mass is 451 g/mol. The van der Waals surface area contributed by atoms with Crippen molar-refractivity contribution in [3.05, 3.63) is 84.2 Å². The molecule has 1 N–H and O–H groups in total. The molecule has 0 unspecified atom stereocenters. The molecular formula is C24H25N3O4S. The van der Waals surface area contributed by atoms with Crippen molar-refractivity contribution in [1.82, 2.24) is 4.98 Å². The average molecular weight is 452 g/mol. The highest BCUT2D eigenvalue weighted by molar-refractivity contribution is 7.92. The van der Waals surface area contributed by atoms with Crippen molar-refractivity contribution in [2.24, 2.45) is 0 Å². The lowest BCUT2D eigenvalue weighted by Gasteiger charge is -2.24. The summed E-state index contributed by atoms with van der Waals surface area (Å²) in [5.74, 6) is -0.0564. The van der Waals surface area contributed by atoms with Gasteiger partial charge >= 0.3 is 0 Å². The van der Waals surface area contributed by atoms with Gasteiger partial charge in [0, 0.05) is 28.7 Å². The molecule has 0 fully saturated rings. The highest BCUT2D eigenvalue weighted by Crippen LogP contribution is 2.31. The van der Waals surface area contributed by atoms with Crippen LogP contribution in [0.15, 0.2) is 73.1 Å². The third kappa shape index (κ3) is 5.15. The topological polar surface area (TPSA) is 88.6 Å². The van der Waals surface area contributed by atoms with E-state index in [1.165, 1.54) is 7.11 Å². The number of aryl methyl sites for hydroxylation is 1. The summed E-state index contributed by atoms with van der Waals surface area (Å²) >= 11 is 0. The summed E-state index contributed by atoms with van der Waals surface area (Å²) in [6.45, 7) is 7.61. The quantitative estimate of drug-likeness (QED) is 0.566. The van der Waals surface area contributed by atoms with Gasteiger partial charge in [-0.3, -0.25) is 14.4 Å². The first-order chi connectivity index (χ1) is 15.1. The number of allylic oxidation sites excluding steroid dienone is 1. The molecule has 7 nitrogen and oxygen atoms in total. The number of nitrogens with zero attached hydrogens (tertiary/aromatic N) is 2. The molecule has 0 aliphatic heterocycles. The molecule has 1 amide bonds. The average Bonchev–Trinajstić information content (AvgIpc) is 2.73. The number of amides is 1. The van der Waals surface area contributed by atoms with Crippen molar-refractivity contribution in [2.75, 3.05) is 23.0 Å². The predicted molar refractivity (Wildman–Crippen MR) is 127 cm³/mol. The van der Waals surface area contributed by atoms with Crippen molar-refractivity contribution in [2.45, 2.75) is 13.8 Å². The maximum Gasteiger partial charge on any atom is 0.262 e. The predicted octanol–water partition coefficient (Wildman–Crippen LogP) is 4.62. The van der Waals surface area contributed by atoms with E-state index in [1.54, 1.807) is 30.2 Å². The maximum atomic E-state index is 13.5. The zero-order valence-corrected chi connectivity index (χ0v) is 19.2. The first-order valence-electron chi connectivity index (χ1n) is 9.78. The number of ether oxygens (including phenoxy) is 1. The van der Waals surface area contributed by atoms with Crippen LogP contribution in [0.2, 0.25) is 0 Å². The summed E-state index contributed by atoms with van der Waals surface area (Å²) in [5, 5.41) is 0. The summed E-state index contributed by atoms with van der Waals surface area (Å²) in [7, 11) is -2.12. The molecule has 0 radical (unpaired) electrons. The number of carbonyl (C=O) groups excluding carboxylic acids is 1. The van der Waals surface area contributed by atoms with E-state index in [2.05, 4.69) is 16.3 Å². The van der Waals surface area contributed by atoms with Gasteiger partial charge in [-0.25, -0.2) is 13.4 Å². The second kappa shape index (κ2) is 9.23. The fourth-order valence-electron chi connectivity index (χ4n) is 3.29. The lowest BCUT2D eigenvalue weighted by Crippen LogP contribution is -2.29. The van der Waals surface area contributed by atoms with E-state index in [4.69, 9.17) is 4.74 Å². The van der Waals surface area contributed by atoms with Crippen LogP contribution in [0.1, 0.15) is 22.8 Å². The Balaban J connectivity index is 2.07. The van der Waals surface area contributed by atoms with E-state index < -0.39 is 10.0 Å². The number of carbonyl (C=O) groups is 1. The number of para-hydroxylation sites is 1. The molecule has 0 saturated heterocycles. The SMILES string of the molecule is C=C(C)N(C(=O)c1cc(-c2cnc(OC)c(NS(C)(=O)=O)c2)ccc1C)c1ccccc1. The Morgan fingerprint density at radius 3 is 2.38 bits per heavy atom. The number of methoxy groups -OCH3 is 1. The zero-order valence-electron chi connectivity index (χ0n) is 18.4. The molecule has 1 heterocycles. The normalized spacial score (nSPS) is 11.0. The van der Waals surface area contributed by atoms with E-state index >= 15 is 0 Å². The number of hydrogen-bond donors (Lipinski definition) is 1. The minimum Gasteiger partial charge on any atom is -0.480 e. The van der Waals surface area contributed by atoms with Crippen LogP contribution in [0.5, 0.6) is 5.88 Å². The molecule has 0 aliphatic carbocycles. The summed E-state index contributed by atoms with van der Waals surface area (Å²) in [6.07, 6.45) is 2.62. The number of nitrogens with one attached hydrogen (secondary N) is 1. The molecule has 8 heteroatoms. The lowest BCUT2D eigenvalue weighted by molar-refractivity contribution is 0.0994. The molecule has 0 saturated carbocycles. The number of rotatable bonds is 7. The Hall–Kier alpha value is -3.65. The Bertz CT molecular complexity index is 1270. The first kappa shape index (κ1) is 23.0. The van der Waals surface area contributed by atoms with E-state index in [0.29, 0.717) is 22.4 Å².